The number of halogens is 1. The zero-order valence-electron chi connectivity index (χ0n) is 7.96. The Morgan fingerprint density at radius 2 is 1.92 bits per heavy atom. The van der Waals surface area contributed by atoms with Crippen LogP contribution in [0.1, 0.15) is 24.5 Å². The van der Waals surface area contributed by atoms with Gasteiger partial charge < -0.3 is 0 Å². The summed E-state index contributed by atoms with van der Waals surface area (Å²) in [5.74, 6) is 0.580. The molecular weight excluding hydrogens is 180 g/mol. The first-order valence-electron chi connectivity index (χ1n) is 4.68. The monoisotopic (exact) mass is 194 g/mol. The summed E-state index contributed by atoms with van der Waals surface area (Å²) in [6.07, 6.45) is 6.37. The third-order valence-electron chi connectivity index (χ3n) is 1.92. The van der Waals surface area contributed by atoms with Crippen LogP contribution in [-0.2, 0) is 6.42 Å². The molecule has 0 atom stereocenters. The molecule has 1 aromatic carbocycles. The van der Waals surface area contributed by atoms with Crippen molar-refractivity contribution in [2.45, 2.75) is 19.8 Å². The van der Waals surface area contributed by atoms with Crippen molar-refractivity contribution in [1.29, 1.82) is 0 Å². The van der Waals surface area contributed by atoms with E-state index in [2.05, 4.69) is 31.2 Å². The van der Waals surface area contributed by atoms with Gasteiger partial charge in [-0.3, -0.25) is 0 Å². The molecule has 1 aromatic rings. The topological polar surface area (TPSA) is 0 Å². The predicted molar refractivity (Wildman–Crippen MR) is 60.2 cm³/mol. The van der Waals surface area contributed by atoms with Gasteiger partial charge in [0, 0.05) is 5.88 Å². The Morgan fingerprint density at radius 1 is 1.23 bits per heavy atom. The summed E-state index contributed by atoms with van der Waals surface area (Å²) in [5.41, 5.74) is 2.63. The fourth-order valence-corrected chi connectivity index (χ4v) is 1.35. The molecule has 0 nitrogen and oxygen atoms in total. The summed E-state index contributed by atoms with van der Waals surface area (Å²) in [6, 6.07) is 8.62. The van der Waals surface area contributed by atoms with Gasteiger partial charge in [0.05, 0.1) is 0 Å². The highest BCUT2D eigenvalue weighted by atomic mass is 35.5. The highest BCUT2D eigenvalue weighted by Crippen LogP contribution is 2.08. The Morgan fingerprint density at radius 3 is 2.46 bits per heavy atom. The molecule has 1 heteroatoms. The van der Waals surface area contributed by atoms with Crippen LogP contribution in [0.5, 0.6) is 0 Å². The highest BCUT2D eigenvalue weighted by Gasteiger charge is 1.90. The van der Waals surface area contributed by atoms with Gasteiger partial charge in [-0.05, 0) is 17.5 Å². The molecule has 0 N–H and O–H groups in total. The van der Waals surface area contributed by atoms with Gasteiger partial charge in [-0.25, -0.2) is 0 Å². The second-order valence-corrected chi connectivity index (χ2v) is 3.36. The molecule has 0 fully saturated rings. The number of allylic oxidation sites excluding steroid dienone is 1. The molecule has 0 saturated carbocycles. The second kappa shape index (κ2) is 5.82. The van der Waals surface area contributed by atoms with Crippen LogP contribution in [0.3, 0.4) is 0 Å². The fraction of sp³-hybridized carbons (Fsp3) is 0.333. The van der Waals surface area contributed by atoms with E-state index in [1.165, 1.54) is 24.0 Å². The van der Waals surface area contributed by atoms with Gasteiger partial charge in [-0.1, -0.05) is 49.8 Å². The van der Waals surface area contributed by atoms with E-state index < -0.39 is 0 Å². The minimum absolute atomic E-state index is 0.580. The molecule has 0 spiro atoms. The number of hydrogen-bond acceptors (Lipinski definition) is 0. The molecule has 0 aliphatic rings. The normalized spacial score (nSPS) is 10.9. The molecule has 0 aromatic heterocycles. The first kappa shape index (κ1) is 10.3. The van der Waals surface area contributed by atoms with Crippen molar-refractivity contribution >= 4 is 17.7 Å². The Labute approximate surface area is 85.2 Å². The van der Waals surface area contributed by atoms with E-state index in [4.69, 9.17) is 11.6 Å². The Kier molecular flexibility index (Phi) is 4.63. The average molecular weight is 195 g/mol. The third-order valence-corrected chi connectivity index (χ3v) is 2.10. The predicted octanol–water partition coefficient (Wildman–Crippen LogP) is 3.89. The molecule has 0 aliphatic heterocycles. The van der Waals surface area contributed by atoms with Crippen LogP contribution in [0.2, 0.25) is 0 Å². The molecule has 0 saturated heterocycles. The van der Waals surface area contributed by atoms with E-state index in [9.17, 15) is 0 Å². The Bertz CT molecular complexity index is 259. The minimum Gasteiger partial charge on any atom is -0.122 e. The van der Waals surface area contributed by atoms with E-state index in [1.54, 1.807) is 0 Å². The molecule has 0 radical (unpaired) electrons. The van der Waals surface area contributed by atoms with Gasteiger partial charge in [-0.2, -0.15) is 0 Å². The van der Waals surface area contributed by atoms with Crippen LogP contribution < -0.4 is 0 Å². The second-order valence-electron chi connectivity index (χ2n) is 3.05. The van der Waals surface area contributed by atoms with Crippen LogP contribution in [-0.4, -0.2) is 5.88 Å². The van der Waals surface area contributed by atoms with Crippen LogP contribution in [0.15, 0.2) is 30.3 Å². The summed E-state index contributed by atoms with van der Waals surface area (Å²) in [7, 11) is 0. The first-order valence-corrected chi connectivity index (χ1v) is 5.21. The summed E-state index contributed by atoms with van der Waals surface area (Å²) in [5, 5.41) is 0. The van der Waals surface area contributed by atoms with Gasteiger partial charge in [0.15, 0.2) is 0 Å². The molecule has 0 unspecified atom stereocenters. The van der Waals surface area contributed by atoms with Crippen LogP contribution in [0, 0.1) is 0 Å². The van der Waals surface area contributed by atoms with Crippen LogP contribution >= 0.6 is 11.6 Å². The fourth-order valence-electron chi connectivity index (χ4n) is 1.26. The zero-order valence-corrected chi connectivity index (χ0v) is 8.72. The molecule has 0 aliphatic carbocycles. The average Bonchev–Trinajstić information content (AvgIpc) is 2.17. The summed E-state index contributed by atoms with van der Waals surface area (Å²) >= 11 is 5.55. The zero-order chi connectivity index (χ0) is 9.52. The largest absolute Gasteiger partial charge is 0.122 e. The smallest absolute Gasteiger partial charge is 0.0407 e. The van der Waals surface area contributed by atoms with Crippen molar-refractivity contribution in [3.8, 4) is 0 Å². The molecule has 0 bridgehead atoms. The number of hydrogen-bond donors (Lipinski definition) is 0. The SMILES string of the molecule is CCCc1ccc(C=CCCl)cc1. The maximum absolute atomic E-state index is 5.55. The maximum Gasteiger partial charge on any atom is 0.0407 e. The lowest BCUT2D eigenvalue weighted by atomic mass is 10.1. The number of aryl methyl sites for hydroxylation is 1. The molecule has 13 heavy (non-hydrogen) atoms. The van der Waals surface area contributed by atoms with Gasteiger partial charge >= 0.3 is 0 Å². The summed E-state index contributed by atoms with van der Waals surface area (Å²) in [4.78, 5) is 0. The third kappa shape index (κ3) is 3.65. The summed E-state index contributed by atoms with van der Waals surface area (Å²) < 4.78 is 0. The van der Waals surface area contributed by atoms with Gasteiger partial charge in [-0.15, -0.1) is 11.6 Å². The quantitative estimate of drug-likeness (QED) is 0.638. The van der Waals surface area contributed by atoms with E-state index in [0.717, 1.165) is 0 Å². The van der Waals surface area contributed by atoms with Crippen molar-refractivity contribution in [2.75, 3.05) is 5.88 Å². The van der Waals surface area contributed by atoms with Crippen molar-refractivity contribution in [3.05, 3.63) is 41.5 Å². The van der Waals surface area contributed by atoms with E-state index in [0.29, 0.717) is 5.88 Å². The molecule has 1 rings (SSSR count). The lowest BCUT2D eigenvalue weighted by molar-refractivity contribution is 0.922. The number of rotatable bonds is 4. The molecule has 0 amide bonds. The lowest BCUT2D eigenvalue weighted by Crippen LogP contribution is -1.82. The Balaban J connectivity index is 2.64. The molecule has 70 valence electrons. The minimum atomic E-state index is 0.580. The first-order chi connectivity index (χ1) is 6.36. The standard InChI is InChI=1S/C12H15Cl/c1-2-4-11-6-8-12(9-7-11)5-3-10-13/h3,5-9H,2,4,10H2,1H3. The van der Waals surface area contributed by atoms with Crippen LogP contribution in [0.4, 0.5) is 0 Å². The highest BCUT2D eigenvalue weighted by molar-refractivity contribution is 6.19. The van der Waals surface area contributed by atoms with Gasteiger partial charge in [0.2, 0.25) is 0 Å². The van der Waals surface area contributed by atoms with Gasteiger partial charge in [0.25, 0.3) is 0 Å². The Hall–Kier alpha value is -0.750. The van der Waals surface area contributed by atoms with Crippen molar-refractivity contribution < 1.29 is 0 Å². The van der Waals surface area contributed by atoms with Crippen molar-refractivity contribution in [2.24, 2.45) is 0 Å². The van der Waals surface area contributed by atoms with Crippen molar-refractivity contribution in [1.82, 2.24) is 0 Å². The summed E-state index contributed by atoms with van der Waals surface area (Å²) in [6.45, 7) is 2.20. The number of alkyl halides is 1. The maximum atomic E-state index is 5.55. The van der Waals surface area contributed by atoms with E-state index in [1.807, 2.05) is 12.2 Å². The number of benzene rings is 1. The lowest BCUT2D eigenvalue weighted by Gasteiger charge is -1.98. The molecule has 0 heterocycles. The van der Waals surface area contributed by atoms with Gasteiger partial charge in [0.1, 0.15) is 0 Å². The molecular formula is C12H15Cl. The van der Waals surface area contributed by atoms with Crippen LogP contribution in [0.25, 0.3) is 6.08 Å². The van der Waals surface area contributed by atoms with E-state index >= 15 is 0 Å². The van der Waals surface area contributed by atoms with Crippen molar-refractivity contribution in [3.63, 3.8) is 0 Å². The van der Waals surface area contributed by atoms with E-state index in [-0.39, 0.29) is 0 Å².